The zero-order valence-corrected chi connectivity index (χ0v) is 15.0. The Labute approximate surface area is 151 Å². The third-order valence-electron chi connectivity index (χ3n) is 5.29. The maximum Gasteiger partial charge on any atom is 0.242 e. The van der Waals surface area contributed by atoms with Crippen LogP contribution in [0.15, 0.2) is 18.2 Å². The van der Waals surface area contributed by atoms with Crippen LogP contribution in [0.5, 0.6) is 5.75 Å². The van der Waals surface area contributed by atoms with Gasteiger partial charge in [-0.1, -0.05) is 18.9 Å². The Hall–Kier alpha value is -2.44. The van der Waals surface area contributed by atoms with Gasteiger partial charge in [0.2, 0.25) is 17.7 Å². The molecular formula is C19H23FN2O4. The van der Waals surface area contributed by atoms with Crippen LogP contribution in [0.3, 0.4) is 0 Å². The lowest BCUT2D eigenvalue weighted by atomic mass is 9.81. The second-order valence-electron chi connectivity index (χ2n) is 6.98. The summed E-state index contributed by atoms with van der Waals surface area (Å²) in [6.45, 7) is -0.0668. The molecule has 0 aromatic heterocycles. The molecule has 2 aliphatic rings. The van der Waals surface area contributed by atoms with Gasteiger partial charge in [0.15, 0.2) is 11.6 Å². The zero-order chi connectivity index (χ0) is 18.8. The number of methoxy groups -OCH3 is 1. The Bertz CT molecular complexity index is 712. The van der Waals surface area contributed by atoms with E-state index in [1.807, 2.05) is 0 Å². The molecule has 6 nitrogen and oxygen atoms in total. The molecule has 1 aliphatic carbocycles. The lowest BCUT2D eigenvalue weighted by Crippen LogP contribution is -2.41. The summed E-state index contributed by atoms with van der Waals surface area (Å²) in [5.41, 5.74) is 0.604. The van der Waals surface area contributed by atoms with Crippen molar-refractivity contribution in [3.8, 4) is 5.75 Å². The SMILES string of the molecule is COc1ccc(CN(C)C(=O)CN2C(=O)[C@H]3CCCC[C@@H]3C2=O)cc1F. The maximum atomic E-state index is 13.8. The van der Waals surface area contributed by atoms with Crippen molar-refractivity contribution >= 4 is 17.7 Å². The summed E-state index contributed by atoms with van der Waals surface area (Å²) in [6.07, 6.45) is 3.34. The van der Waals surface area contributed by atoms with Crippen LogP contribution in [0.2, 0.25) is 0 Å². The highest BCUT2D eigenvalue weighted by atomic mass is 19.1. The summed E-state index contributed by atoms with van der Waals surface area (Å²) in [4.78, 5) is 39.9. The quantitative estimate of drug-likeness (QED) is 0.751. The lowest BCUT2D eigenvalue weighted by molar-refractivity contribution is -0.146. The largest absolute Gasteiger partial charge is 0.494 e. The summed E-state index contributed by atoms with van der Waals surface area (Å²) in [5, 5.41) is 0. The van der Waals surface area contributed by atoms with E-state index >= 15 is 0 Å². The van der Waals surface area contributed by atoms with Gasteiger partial charge in [-0.3, -0.25) is 19.3 Å². The van der Waals surface area contributed by atoms with E-state index in [9.17, 15) is 18.8 Å². The van der Waals surface area contributed by atoms with Gasteiger partial charge in [0.25, 0.3) is 0 Å². The molecule has 2 atom stereocenters. The number of fused-ring (bicyclic) bond motifs is 1. The lowest BCUT2D eigenvalue weighted by Gasteiger charge is -2.21. The molecule has 0 radical (unpaired) electrons. The third kappa shape index (κ3) is 3.43. The van der Waals surface area contributed by atoms with Gasteiger partial charge in [-0.05, 0) is 30.5 Å². The van der Waals surface area contributed by atoms with Crippen molar-refractivity contribution in [1.29, 1.82) is 0 Å². The number of amides is 3. The number of imide groups is 1. The van der Waals surface area contributed by atoms with Crippen LogP contribution in [-0.4, -0.2) is 48.2 Å². The molecule has 2 fully saturated rings. The molecule has 7 heteroatoms. The minimum atomic E-state index is -0.500. The number of carbonyl (C=O) groups excluding carboxylic acids is 3. The summed E-state index contributed by atoms with van der Waals surface area (Å²) >= 11 is 0. The average Bonchev–Trinajstić information content (AvgIpc) is 2.87. The average molecular weight is 362 g/mol. The first-order valence-corrected chi connectivity index (χ1v) is 8.84. The van der Waals surface area contributed by atoms with Crippen LogP contribution < -0.4 is 4.74 Å². The van der Waals surface area contributed by atoms with Gasteiger partial charge in [-0.2, -0.15) is 0 Å². The third-order valence-corrected chi connectivity index (χ3v) is 5.29. The predicted octanol–water partition coefficient (Wildman–Crippen LogP) is 1.97. The standard InChI is InChI=1S/C19H23FN2O4/c1-21(10-12-7-8-16(26-2)15(20)9-12)17(23)11-22-18(24)13-5-3-4-6-14(13)19(22)25/h7-9,13-14H,3-6,10-11H2,1-2H3/t13-,14-/m0/s1. The number of carbonyl (C=O) groups is 3. The van der Waals surface area contributed by atoms with Crippen molar-refractivity contribution in [2.24, 2.45) is 11.8 Å². The molecule has 140 valence electrons. The summed E-state index contributed by atoms with van der Waals surface area (Å²) in [7, 11) is 2.96. The highest BCUT2D eigenvalue weighted by Gasteiger charge is 2.48. The van der Waals surface area contributed by atoms with Crippen molar-refractivity contribution in [3.05, 3.63) is 29.6 Å². The van der Waals surface area contributed by atoms with Gasteiger partial charge in [0.05, 0.1) is 18.9 Å². The molecule has 0 bridgehead atoms. The molecule has 1 aromatic carbocycles. The molecule has 1 saturated heterocycles. The van der Waals surface area contributed by atoms with Crippen LogP contribution in [0.25, 0.3) is 0 Å². The molecule has 3 rings (SSSR count). The van der Waals surface area contributed by atoms with Gasteiger partial charge < -0.3 is 9.64 Å². The number of hydrogen-bond acceptors (Lipinski definition) is 4. The molecule has 1 heterocycles. The van der Waals surface area contributed by atoms with E-state index in [0.29, 0.717) is 5.56 Å². The minimum absolute atomic E-state index is 0.138. The maximum absolute atomic E-state index is 13.8. The van der Waals surface area contributed by atoms with Gasteiger partial charge >= 0.3 is 0 Å². The van der Waals surface area contributed by atoms with E-state index in [4.69, 9.17) is 4.74 Å². The number of benzene rings is 1. The monoisotopic (exact) mass is 362 g/mol. The predicted molar refractivity (Wildman–Crippen MR) is 91.6 cm³/mol. The Morgan fingerprint density at radius 1 is 1.23 bits per heavy atom. The highest BCUT2D eigenvalue weighted by molar-refractivity contribution is 6.07. The van der Waals surface area contributed by atoms with Gasteiger partial charge in [-0.15, -0.1) is 0 Å². The molecule has 1 aliphatic heterocycles. The summed E-state index contributed by atoms with van der Waals surface area (Å²) < 4.78 is 18.6. The van der Waals surface area contributed by atoms with E-state index < -0.39 is 5.82 Å². The van der Waals surface area contributed by atoms with Gasteiger partial charge in [0, 0.05) is 13.6 Å². The summed E-state index contributed by atoms with van der Waals surface area (Å²) in [6, 6.07) is 4.48. The molecular weight excluding hydrogens is 339 g/mol. The molecule has 0 N–H and O–H groups in total. The Balaban J connectivity index is 1.63. The molecule has 26 heavy (non-hydrogen) atoms. The van der Waals surface area contributed by atoms with Crippen LogP contribution in [0.4, 0.5) is 4.39 Å². The molecule has 1 saturated carbocycles. The summed E-state index contributed by atoms with van der Waals surface area (Å²) in [5.74, 6) is -1.68. The van der Waals surface area contributed by atoms with Crippen LogP contribution >= 0.6 is 0 Å². The minimum Gasteiger partial charge on any atom is -0.494 e. The zero-order valence-electron chi connectivity index (χ0n) is 15.0. The van der Waals surface area contributed by atoms with Crippen molar-refractivity contribution < 1.29 is 23.5 Å². The van der Waals surface area contributed by atoms with Crippen LogP contribution in [-0.2, 0) is 20.9 Å². The Morgan fingerprint density at radius 3 is 2.38 bits per heavy atom. The normalized spacial score (nSPS) is 22.3. The fraction of sp³-hybridized carbons (Fsp3) is 0.526. The number of rotatable bonds is 5. The number of nitrogens with zero attached hydrogens (tertiary/aromatic N) is 2. The molecule has 0 unspecified atom stereocenters. The van der Waals surface area contributed by atoms with Gasteiger partial charge in [-0.25, -0.2) is 4.39 Å². The van der Waals surface area contributed by atoms with Crippen molar-refractivity contribution in [2.45, 2.75) is 32.2 Å². The van der Waals surface area contributed by atoms with Gasteiger partial charge in [0.1, 0.15) is 6.54 Å². The Kier molecular flexibility index (Phi) is 5.25. The van der Waals surface area contributed by atoms with E-state index in [-0.39, 0.29) is 48.4 Å². The highest BCUT2D eigenvalue weighted by Crippen LogP contribution is 2.37. The molecule has 0 spiro atoms. The molecule has 1 aromatic rings. The second-order valence-corrected chi connectivity index (χ2v) is 6.98. The van der Waals surface area contributed by atoms with Crippen LogP contribution in [0.1, 0.15) is 31.2 Å². The van der Waals surface area contributed by atoms with Crippen molar-refractivity contribution in [2.75, 3.05) is 20.7 Å². The fourth-order valence-corrected chi connectivity index (χ4v) is 3.81. The molecule has 3 amide bonds. The van der Waals surface area contributed by atoms with E-state index in [2.05, 4.69) is 0 Å². The number of halogens is 1. The van der Waals surface area contributed by atoms with Crippen molar-refractivity contribution in [3.63, 3.8) is 0 Å². The van der Waals surface area contributed by atoms with E-state index in [1.54, 1.807) is 13.1 Å². The smallest absolute Gasteiger partial charge is 0.242 e. The van der Waals surface area contributed by atoms with Crippen LogP contribution in [0, 0.1) is 17.7 Å². The van der Waals surface area contributed by atoms with E-state index in [1.165, 1.54) is 24.1 Å². The van der Waals surface area contributed by atoms with Crippen molar-refractivity contribution in [1.82, 2.24) is 9.80 Å². The Morgan fingerprint density at radius 2 is 1.85 bits per heavy atom. The second kappa shape index (κ2) is 7.43. The first-order valence-electron chi connectivity index (χ1n) is 8.84. The number of likely N-dealkylation sites (tertiary alicyclic amines) is 1. The number of hydrogen-bond donors (Lipinski definition) is 0. The first-order chi connectivity index (χ1) is 12.4. The number of likely N-dealkylation sites (N-methyl/N-ethyl adjacent to an activating group) is 1. The fourth-order valence-electron chi connectivity index (χ4n) is 3.81. The topological polar surface area (TPSA) is 66.9 Å². The first kappa shape index (κ1) is 18.4. The van der Waals surface area contributed by atoms with E-state index in [0.717, 1.165) is 30.6 Å². The number of ether oxygens (including phenoxy) is 1.